The molecule has 0 bridgehead atoms. The van der Waals surface area contributed by atoms with Crippen LogP contribution >= 0.6 is 0 Å². The van der Waals surface area contributed by atoms with E-state index in [1.807, 2.05) is 0 Å². The van der Waals surface area contributed by atoms with E-state index in [2.05, 4.69) is 12.2 Å². The normalized spacial score (nSPS) is 31.1. The van der Waals surface area contributed by atoms with Crippen molar-refractivity contribution in [3.8, 4) is 0 Å². The molecule has 1 rings (SSSR count). The van der Waals surface area contributed by atoms with Crippen molar-refractivity contribution < 1.29 is 29.6 Å². The Balaban J connectivity index is 2.18. The first-order valence-corrected chi connectivity index (χ1v) is 8.52. The van der Waals surface area contributed by atoms with Gasteiger partial charge in [0.25, 0.3) is 0 Å². The summed E-state index contributed by atoms with van der Waals surface area (Å²) < 4.78 is 11.1. The van der Waals surface area contributed by atoms with Crippen LogP contribution in [0.25, 0.3) is 0 Å². The molecule has 5 atom stereocenters. The molecule has 1 heterocycles. The molecule has 4 N–H and O–H groups in total. The van der Waals surface area contributed by atoms with E-state index in [0.717, 1.165) is 19.4 Å². The third-order valence-electron chi connectivity index (χ3n) is 4.12. The number of aliphatic hydroxyl groups is 3. The van der Waals surface area contributed by atoms with Crippen molar-refractivity contribution in [3.63, 3.8) is 0 Å². The van der Waals surface area contributed by atoms with Gasteiger partial charge in [0.2, 0.25) is 5.91 Å². The average molecular weight is 333 g/mol. The van der Waals surface area contributed by atoms with Crippen LogP contribution in [0, 0.1) is 5.92 Å². The quantitative estimate of drug-likeness (QED) is 0.424. The zero-order valence-electron chi connectivity index (χ0n) is 14.1. The van der Waals surface area contributed by atoms with Crippen molar-refractivity contribution in [1.82, 2.24) is 5.32 Å². The Morgan fingerprint density at radius 3 is 2.61 bits per heavy atom. The molecule has 1 aliphatic rings. The number of hydrogen-bond acceptors (Lipinski definition) is 6. The summed E-state index contributed by atoms with van der Waals surface area (Å²) in [5.41, 5.74) is 0. The second-order valence-corrected chi connectivity index (χ2v) is 6.10. The highest BCUT2D eigenvalue weighted by Crippen LogP contribution is 2.26. The molecular weight excluding hydrogens is 302 g/mol. The average Bonchev–Trinajstić information content (AvgIpc) is 2.54. The number of hydrogen-bond donors (Lipinski definition) is 4. The summed E-state index contributed by atoms with van der Waals surface area (Å²) in [5, 5.41) is 31.7. The fraction of sp³-hybridized carbons (Fsp3) is 0.938. The van der Waals surface area contributed by atoms with Gasteiger partial charge in [0.05, 0.1) is 12.7 Å². The monoisotopic (exact) mass is 333 g/mol. The molecule has 1 amide bonds. The molecule has 7 heteroatoms. The lowest BCUT2D eigenvalue weighted by atomic mass is 9.92. The van der Waals surface area contributed by atoms with E-state index >= 15 is 0 Å². The fourth-order valence-corrected chi connectivity index (χ4v) is 2.49. The van der Waals surface area contributed by atoms with Gasteiger partial charge in [-0.25, -0.2) is 0 Å². The van der Waals surface area contributed by atoms with Crippen molar-refractivity contribution in [2.45, 2.75) is 70.6 Å². The topological polar surface area (TPSA) is 108 Å². The van der Waals surface area contributed by atoms with Crippen LogP contribution in [-0.4, -0.2) is 65.6 Å². The molecule has 0 aromatic carbocycles. The SMILES string of the molecule is CCCCNC(=O)CCCCOC1OC(CO)C(O)C(O)C1C. The summed E-state index contributed by atoms with van der Waals surface area (Å²) in [4.78, 5) is 11.5. The molecule has 1 aliphatic heterocycles. The predicted molar refractivity (Wildman–Crippen MR) is 84.6 cm³/mol. The van der Waals surface area contributed by atoms with Crippen LogP contribution in [0.3, 0.4) is 0 Å². The summed E-state index contributed by atoms with van der Waals surface area (Å²) in [6.07, 6.45) is 0.338. The molecule has 0 radical (unpaired) electrons. The van der Waals surface area contributed by atoms with Gasteiger partial charge in [0.15, 0.2) is 6.29 Å². The van der Waals surface area contributed by atoms with E-state index in [4.69, 9.17) is 14.6 Å². The third-order valence-corrected chi connectivity index (χ3v) is 4.12. The highest BCUT2D eigenvalue weighted by molar-refractivity contribution is 5.75. The summed E-state index contributed by atoms with van der Waals surface area (Å²) in [5.74, 6) is -0.329. The molecule has 1 saturated heterocycles. The van der Waals surface area contributed by atoms with Crippen LogP contribution in [0.5, 0.6) is 0 Å². The van der Waals surface area contributed by atoms with Crippen molar-refractivity contribution >= 4 is 5.91 Å². The minimum Gasteiger partial charge on any atom is -0.394 e. The van der Waals surface area contributed by atoms with Crippen LogP contribution in [-0.2, 0) is 14.3 Å². The van der Waals surface area contributed by atoms with Crippen LogP contribution in [0.1, 0.15) is 46.0 Å². The number of rotatable bonds is 10. The molecular formula is C16H31NO6. The van der Waals surface area contributed by atoms with Crippen LogP contribution in [0.2, 0.25) is 0 Å². The number of carbonyl (C=O) groups is 1. The highest BCUT2D eigenvalue weighted by Gasteiger charge is 2.42. The molecule has 0 aromatic rings. The maximum atomic E-state index is 11.5. The van der Waals surface area contributed by atoms with E-state index in [1.165, 1.54) is 0 Å². The lowest BCUT2D eigenvalue weighted by molar-refractivity contribution is -0.282. The summed E-state index contributed by atoms with van der Waals surface area (Å²) in [6, 6.07) is 0. The van der Waals surface area contributed by atoms with Gasteiger partial charge in [-0.3, -0.25) is 4.79 Å². The first kappa shape index (κ1) is 20.3. The molecule has 7 nitrogen and oxygen atoms in total. The van der Waals surface area contributed by atoms with Gasteiger partial charge in [-0.1, -0.05) is 20.3 Å². The molecule has 0 spiro atoms. The smallest absolute Gasteiger partial charge is 0.219 e. The van der Waals surface area contributed by atoms with Gasteiger partial charge >= 0.3 is 0 Å². The minimum absolute atomic E-state index is 0.0552. The Bertz CT molecular complexity index is 339. The molecule has 23 heavy (non-hydrogen) atoms. The summed E-state index contributed by atoms with van der Waals surface area (Å²) in [6.45, 7) is 4.56. The first-order chi connectivity index (χ1) is 11.0. The van der Waals surface area contributed by atoms with E-state index in [9.17, 15) is 15.0 Å². The standard InChI is InChI=1S/C16H31NO6/c1-3-4-8-17-13(19)7-5-6-9-22-16-11(2)14(20)15(21)12(10-18)23-16/h11-12,14-16,18,20-21H,3-10H2,1-2H3,(H,17,19). The number of carbonyl (C=O) groups excluding carboxylic acids is 1. The summed E-state index contributed by atoms with van der Waals surface area (Å²) >= 11 is 0. The van der Waals surface area contributed by atoms with Crippen LogP contribution < -0.4 is 5.32 Å². The van der Waals surface area contributed by atoms with E-state index in [0.29, 0.717) is 25.9 Å². The Morgan fingerprint density at radius 1 is 1.22 bits per heavy atom. The molecule has 0 saturated carbocycles. The minimum atomic E-state index is -1.11. The summed E-state index contributed by atoms with van der Waals surface area (Å²) in [7, 11) is 0. The van der Waals surface area contributed by atoms with Crippen molar-refractivity contribution in [1.29, 1.82) is 0 Å². The van der Waals surface area contributed by atoms with Gasteiger partial charge in [0, 0.05) is 25.5 Å². The number of unbranched alkanes of at least 4 members (excludes halogenated alkanes) is 2. The lowest BCUT2D eigenvalue weighted by Crippen LogP contribution is -2.55. The Hall–Kier alpha value is -0.730. The Kier molecular flexibility index (Phi) is 9.66. The molecule has 136 valence electrons. The maximum Gasteiger partial charge on any atom is 0.219 e. The predicted octanol–water partition coefficient (Wildman–Crippen LogP) is 0.165. The van der Waals surface area contributed by atoms with Crippen molar-refractivity contribution in [2.24, 2.45) is 5.92 Å². The van der Waals surface area contributed by atoms with E-state index in [1.54, 1.807) is 6.92 Å². The first-order valence-electron chi connectivity index (χ1n) is 8.52. The molecule has 0 aliphatic carbocycles. The van der Waals surface area contributed by atoms with Gasteiger partial charge in [-0.2, -0.15) is 0 Å². The third kappa shape index (κ3) is 6.73. The second-order valence-electron chi connectivity index (χ2n) is 6.10. The van der Waals surface area contributed by atoms with Crippen LogP contribution in [0.15, 0.2) is 0 Å². The largest absolute Gasteiger partial charge is 0.394 e. The van der Waals surface area contributed by atoms with Crippen LogP contribution in [0.4, 0.5) is 0 Å². The zero-order valence-corrected chi connectivity index (χ0v) is 14.1. The maximum absolute atomic E-state index is 11.5. The van der Waals surface area contributed by atoms with E-state index in [-0.39, 0.29) is 18.4 Å². The zero-order chi connectivity index (χ0) is 17.2. The molecule has 0 aromatic heterocycles. The number of nitrogens with one attached hydrogen (secondary N) is 1. The van der Waals surface area contributed by atoms with Gasteiger partial charge in [-0.05, 0) is 19.3 Å². The Morgan fingerprint density at radius 2 is 1.96 bits per heavy atom. The highest BCUT2D eigenvalue weighted by atomic mass is 16.7. The van der Waals surface area contributed by atoms with Gasteiger partial charge in [-0.15, -0.1) is 0 Å². The van der Waals surface area contributed by atoms with Crippen molar-refractivity contribution in [3.05, 3.63) is 0 Å². The number of ether oxygens (including phenoxy) is 2. The number of aliphatic hydroxyl groups excluding tert-OH is 3. The van der Waals surface area contributed by atoms with Gasteiger partial charge < -0.3 is 30.1 Å². The van der Waals surface area contributed by atoms with Crippen molar-refractivity contribution in [2.75, 3.05) is 19.8 Å². The van der Waals surface area contributed by atoms with Gasteiger partial charge in [0.1, 0.15) is 12.2 Å². The Labute approximate surface area is 138 Å². The number of amides is 1. The fourth-order valence-electron chi connectivity index (χ4n) is 2.49. The lowest BCUT2D eigenvalue weighted by Gasteiger charge is -2.40. The molecule has 1 fully saturated rings. The molecule has 5 unspecified atom stereocenters. The second kappa shape index (κ2) is 10.9. The van der Waals surface area contributed by atoms with E-state index < -0.39 is 24.6 Å².